The molecule has 3 aromatic rings. The first-order valence-corrected chi connectivity index (χ1v) is 12.5. The van der Waals surface area contributed by atoms with E-state index in [1.54, 1.807) is 11.3 Å². The Bertz CT molecular complexity index is 1200. The van der Waals surface area contributed by atoms with E-state index in [4.69, 9.17) is 32.0 Å². The van der Waals surface area contributed by atoms with Crippen LogP contribution in [-0.2, 0) is 9.53 Å². The predicted molar refractivity (Wildman–Crippen MR) is 131 cm³/mol. The molecule has 10 heteroatoms. The van der Waals surface area contributed by atoms with Crippen molar-refractivity contribution in [1.82, 2.24) is 15.3 Å². The molecule has 1 amide bonds. The molecule has 0 saturated carbocycles. The number of carbonyl (C=O) groups is 1. The number of nitrogens with one attached hydrogen (secondary N) is 1. The van der Waals surface area contributed by atoms with E-state index in [2.05, 4.69) is 20.5 Å². The fraction of sp³-hybridized carbons (Fsp3) is 0.435. The second kappa shape index (κ2) is 8.39. The largest absolute Gasteiger partial charge is 0.377 e. The summed E-state index contributed by atoms with van der Waals surface area (Å²) in [5.41, 5.74) is 7.60. The molecule has 0 spiro atoms. The first kappa shape index (κ1) is 21.1. The highest BCUT2D eigenvalue weighted by atomic mass is 35.5. The first-order chi connectivity index (χ1) is 16.1. The van der Waals surface area contributed by atoms with Gasteiger partial charge in [-0.2, -0.15) is 4.98 Å². The zero-order chi connectivity index (χ0) is 22.5. The third-order valence-corrected chi connectivity index (χ3v) is 8.06. The lowest BCUT2D eigenvalue weighted by Crippen LogP contribution is -2.56. The molecule has 1 aromatic carbocycles. The van der Waals surface area contributed by atoms with E-state index in [0.717, 1.165) is 52.5 Å². The van der Waals surface area contributed by atoms with Gasteiger partial charge in [-0.05, 0) is 18.9 Å². The molecule has 3 atom stereocenters. The minimum absolute atomic E-state index is 0.304. The average Bonchev–Trinajstić information content (AvgIpc) is 3.36. The molecule has 3 N–H and O–H groups in total. The number of nitrogens with zero attached hydrogens (tertiary/aromatic N) is 4. The summed E-state index contributed by atoms with van der Waals surface area (Å²) in [5, 5.41) is 6.98. The van der Waals surface area contributed by atoms with Gasteiger partial charge in [-0.25, -0.2) is 4.98 Å². The molecule has 33 heavy (non-hydrogen) atoms. The highest BCUT2D eigenvalue weighted by Crippen LogP contribution is 2.43. The van der Waals surface area contributed by atoms with Crippen LogP contribution < -0.4 is 20.9 Å². The molecule has 3 saturated heterocycles. The van der Waals surface area contributed by atoms with E-state index in [9.17, 15) is 4.79 Å². The van der Waals surface area contributed by atoms with Crippen LogP contribution in [0, 0.1) is 0 Å². The summed E-state index contributed by atoms with van der Waals surface area (Å²) < 4.78 is 5.78. The van der Waals surface area contributed by atoms with Crippen LogP contribution in [-0.4, -0.2) is 66.8 Å². The number of aromatic nitrogens is 2. The van der Waals surface area contributed by atoms with Crippen molar-refractivity contribution in [1.29, 1.82) is 0 Å². The SMILES string of the molecule is NC(=O)C1CN(c2nc(N3C4CCC3COC4)nc3scc(-c4ccccc4Cl)c23)CCN1. The number of hydrogen-bond donors (Lipinski definition) is 2. The van der Waals surface area contributed by atoms with Gasteiger partial charge in [0.15, 0.2) is 0 Å². The molecule has 172 valence electrons. The Kier molecular flexibility index (Phi) is 5.37. The Labute approximate surface area is 200 Å². The van der Waals surface area contributed by atoms with E-state index in [1.165, 1.54) is 0 Å². The third kappa shape index (κ3) is 3.63. The van der Waals surface area contributed by atoms with Gasteiger partial charge in [0.05, 0.1) is 30.7 Å². The van der Waals surface area contributed by atoms with Crippen molar-refractivity contribution in [2.24, 2.45) is 5.73 Å². The Hall–Kier alpha value is -2.46. The first-order valence-electron chi connectivity index (χ1n) is 11.3. The number of piperazine rings is 1. The smallest absolute Gasteiger partial charge is 0.236 e. The Morgan fingerprint density at radius 2 is 1.97 bits per heavy atom. The number of fused-ring (bicyclic) bond motifs is 3. The lowest BCUT2D eigenvalue weighted by atomic mass is 10.1. The maximum atomic E-state index is 11.9. The van der Waals surface area contributed by atoms with Gasteiger partial charge in [-0.15, -0.1) is 11.3 Å². The summed E-state index contributed by atoms with van der Waals surface area (Å²) in [5.74, 6) is 1.23. The number of thiophene rings is 1. The molecule has 3 fully saturated rings. The maximum absolute atomic E-state index is 11.9. The van der Waals surface area contributed by atoms with Gasteiger partial charge in [0.25, 0.3) is 0 Å². The van der Waals surface area contributed by atoms with Crippen LogP contribution in [0.25, 0.3) is 21.3 Å². The van der Waals surface area contributed by atoms with Crippen molar-refractivity contribution in [2.45, 2.75) is 31.0 Å². The van der Waals surface area contributed by atoms with Gasteiger partial charge < -0.3 is 25.6 Å². The van der Waals surface area contributed by atoms with E-state index in [1.807, 2.05) is 24.3 Å². The summed E-state index contributed by atoms with van der Waals surface area (Å²) in [6, 6.07) is 8.02. The number of anilines is 2. The van der Waals surface area contributed by atoms with Gasteiger partial charge in [-0.1, -0.05) is 29.8 Å². The maximum Gasteiger partial charge on any atom is 0.236 e. The number of ether oxygens (including phenoxy) is 1. The summed E-state index contributed by atoms with van der Waals surface area (Å²) >= 11 is 8.18. The summed E-state index contributed by atoms with van der Waals surface area (Å²) in [7, 11) is 0. The second-order valence-electron chi connectivity index (χ2n) is 8.84. The van der Waals surface area contributed by atoms with Gasteiger partial charge >= 0.3 is 0 Å². The fourth-order valence-corrected chi connectivity index (χ4v) is 6.39. The Morgan fingerprint density at radius 1 is 1.18 bits per heavy atom. The predicted octanol–water partition coefficient (Wildman–Crippen LogP) is 2.64. The van der Waals surface area contributed by atoms with Crippen LogP contribution in [0.3, 0.4) is 0 Å². The zero-order valence-electron chi connectivity index (χ0n) is 18.0. The van der Waals surface area contributed by atoms with Crippen molar-refractivity contribution in [3.63, 3.8) is 0 Å². The van der Waals surface area contributed by atoms with Crippen molar-refractivity contribution in [2.75, 3.05) is 42.6 Å². The van der Waals surface area contributed by atoms with E-state index < -0.39 is 6.04 Å². The molecule has 3 aliphatic heterocycles. The standard InChI is InChI=1S/C23H25ClN6O2S/c24-17-4-2-1-3-15(17)16-12-33-22-19(16)21(29-8-7-26-18(9-29)20(25)31)27-23(28-22)30-13-5-6-14(30)11-32-10-13/h1-4,12-14,18,26H,5-11H2,(H2,25,31). The topological polar surface area (TPSA) is 96.6 Å². The molecule has 8 nitrogen and oxygen atoms in total. The lowest BCUT2D eigenvalue weighted by molar-refractivity contribution is -0.120. The molecule has 5 heterocycles. The fourth-order valence-electron chi connectivity index (χ4n) is 5.22. The normalized spacial score (nSPS) is 25.1. The highest BCUT2D eigenvalue weighted by molar-refractivity contribution is 7.17. The van der Waals surface area contributed by atoms with E-state index in [-0.39, 0.29) is 5.91 Å². The van der Waals surface area contributed by atoms with Crippen LogP contribution in [0.5, 0.6) is 0 Å². The van der Waals surface area contributed by atoms with Crippen molar-refractivity contribution in [3.05, 3.63) is 34.7 Å². The number of primary amides is 1. The minimum Gasteiger partial charge on any atom is -0.377 e. The van der Waals surface area contributed by atoms with Crippen molar-refractivity contribution in [3.8, 4) is 11.1 Å². The molecule has 2 aromatic heterocycles. The van der Waals surface area contributed by atoms with E-state index >= 15 is 0 Å². The molecular formula is C23H25ClN6O2S. The number of rotatable bonds is 4. The van der Waals surface area contributed by atoms with Gasteiger partial charge in [0.2, 0.25) is 11.9 Å². The van der Waals surface area contributed by atoms with E-state index in [0.29, 0.717) is 43.4 Å². The summed E-state index contributed by atoms with van der Waals surface area (Å²) in [4.78, 5) is 27.5. The van der Waals surface area contributed by atoms with Crippen LogP contribution in [0.1, 0.15) is 12.8 Å². The third-order valence-electron chi connectivity index (χ3n) is 6.86. The number of carbonyl (C=O) groups excluding carboxylic acids is 1. The highest BCUT2D eigenvalue weighted by Gasteiger charge is 2.40. The molecule has 0 radical (unpaired) electrons. The molecule has 3 unspecified atom stereocenters. The number of hydrogen-bond acceptors (Lipinski definition) is 8. The van der Waals surface area contributed by atoms with Gasteiger partial charge in [0.1, 0.15) is 16.7 Å². The van der Waals surface area contributed by atoms with Crippen LogP contribution >= 0.6 is 22.9 Å². The average molecular weight is 485 g/mol. The summed E-state index contributed by atoms with van der Waals surface area (Å²) in [6.45, 7) is 3.26. The van der Waals surface area contributed by atoms with Crippen LogP contribution in [0.2, 0.25) is 5.02 Å². The van der Waals surface area contributed by atoms with Crippen molar-refractivity contribution < 1.29 is 9.53 Å². The number of morpholine rings is 1. The Morgan fingerprint density at radius 3 is 2.73 bits per heavy atom. The van der Waals surface area contributed by atoms with Gasteiger partial charge in [0, 0.05) is 41.2 Å². The van der Waals surface area contributed by atoms with Crippen molar-refractivity contribution >= 4 is 50.8 Å². The molecule has 3 aliphatic rings. The lowest BCUT2D eigenvalue weighted by Gasteiger charge is -2.37. The number of benzene rings is 1. The number of amides is 1. The number of halogens is 1. The second-order valence-corrected chi connectivity index (χ2v) is 10.1. The molecule has 6 rings (SSSR count). The Balaban J connectivity index is 1.52. The number of nitrogens with two attached hydrogens (primary N) is 1. The quantitative estimate of drug-likeness (QED) is 0.587. The minimum atomic E-state index is -0.422. The molecular weight excluding hydrogens is 460 g/mol. The molecule has 0 aliphatic carbocycles. The van der Waals surface area contributed by atoms with Crippen LogP contribution in [0.4, 0.5) is 11.8 Å². The summed E-state index contributed by atoms with van der Waals surface area (Å²) in [6.07, 6.45) is 2.18. The molecule has 2 bridgehead atoms. The monoisotopic (exact) mass is 484 g/mol. The van der Waals surface area contributed by atoms with Gasteiger partial charge in [-0.3, -0.25) is 4.79 Å². The zero-order valence-corrected chi connectivity index (χ0v) is 19.6. The van der Waals surface area contributed by atoms with Crippen LogP contribution in [0.15, 0.2) is 29.6 Å².